The van der Waals surface area contributed by atoms with Crippen molar-refractivity contribution in [1.29, 1.82) is 0 Å². The van der Waals surface area contributed by atoms with Gasteiger partial charge in [-0.15, -0.1) is 0 Å². The van der Waals surface area contributed by atoms with Crippen LogP contribution >= 0.6 is 0 Å². The molecule has 0 aliphatic heterocycles. The molecule has 0 aliphatic rings. The number of anilines is 1. The largest absolute Gasteiger partial charge is 0.496 e. The third-order valence-corrected chi connectivity index (χ3v) is 3.20. The number of rotatable bonds is 4. The molecule has 19 heavy (non-hydrogen) atoms. The summed E-state index contributed by atoms with van der Waals surface area (Å²) in [5, 5.41) is 10.3. The van der Waals surface area contributed by atoms with Crippen LogP contribution in [0, 0.1) is 6.92 Å². The molecule has 0 fully saturated rings. The number of aliphatic hydroxyl groups is 1. The lowest BCUT2D eigenvalue weighted by molar-refractivity contribution is 0.178. The highest BCUT2D eigenvalue weighted by atomic mass is 16.5. The monoisotopic (exact) mass is 257 g/mol. The van der Waals surface area contributed by atoms with E-state index in [2.05, 4.69) is 0 Å². The van der Waals surface area contributed by atoms with Crippen LogP contribution in [0.4, 0.5) is 5.69 Å². The molecule has 2 rings (SSSR count). The van der Waals surface area contributed by atoms with E-state index < -0.39 is 6.10 Å². The minimum atomic E-state index is -0.628. The van der Waals surface area contributed by atoms with E-state index in [0.29, 0.717) is 12.1 Å². The fourth-order valence-corrected chi connectivity index (χ4v) is 2.20. The average molecular weight is 257 g/mol. The quantitative estimate of drug-likeness (QED) is 0.828. The number of nitrogens with two attached hydrogens (primary N) is 1. The highest BCUT2D eigenvalue weighted by molar-refractivity contribution is 5.48. The Morgan fingerprint density at radius 2 is 1.95 bits per heavy atom. The second-order valence-electron chi connectivity index (χ2n) is 4.66. The molecule has 0 amide bonds. The fraction of sp³-hybridized carbons (Fsp3) is 0.250. The molecule has 0 aromatic heterocycles. The van der Waals surface area contributed by atoms with Gasteiger partial charge in [0, 0.05) is 17.7 Å². The van der Waals surface area contributed by atoms with Crippen molar-refractivity contribution in [2.24, 2.45) is 0 Å². The van der Waals surface area contributed by atoms with E-state index in [0.717, 1.165) is 22.4 Å². The van der Waals surface area contributed by atoms with E-state index in [1.54, 1.807) is 13.2 Å². The number of hydrogen-bond donors (Lipinski definition) is 2. The van der Waals surface area contributed by atoms with Crippen LogP contribution in [-0.2, 0) is 6.42 Å². The summed E-state index contributed by atoms with van der Waals surface area (Å²) in [6.45, 7) is 2.02. The van der Waals surface area contributed by atoms with E-state index >= 15 is 0 Å². The molecule has 0 spiro atoms. The molecular formula is C16H19NO2. The Morgan fingerprint density at radius 1 is 1.21 bits per heavy atom. The van der Waals surface area contributed by atoms with Crippen molar-refractivity contribution in [3.05, 3.63) is 59.2 Å². The van der Waals surface area contributed by atoms with E-state index in [1.165, 1.54) is 0 Å². The van der Waals surface area contributed by atoms with Crippen LogP contribution in [0.1, 0.15) is 22.8 Å². The van der Waals surface area contributed by atoms with E-state index in [1.807, 2.05) is 43.3 Å². The molecular weight excluding hydrogens is 238 g/mol. The van der Waals surface area contributed by atoms with Gasteiger partial charge in [-0.25, -0.2) is 0 Å². The number of aliphatic hydroxyl groups excluding tert-OH is 1. The topological polar surface area (TPSA) is 55.5 Å². The van der Waals surface area contributed by atoms with E-state index in [-0.39, 0.29) is 0 Å². The van der Waals surface area contributed by atoms with Gasteiger partial charge in [-0.2, -0.15) is 0 Å². The maximum absolute atomic E-state index is 10.3. The third-order valence-electron chi connectivity index (χ3n) is 3.20. The third kappa shape index (κ3) is 3.06. The van der Waals surface area contributed by atoms with Gasteiger partial charge in [0.2, 0.25) is 0 Å². The van der Waals surface area contributed by atoms with Crippen molar-refractivity contribution >= 4 is 5.69 Å². The molecule has 1 unspecified atom stereocenters. The molecule has 2 aromatic rings. The summed E-state index contributed by atoms with van der Waals surface area (Å²) < 4.78 is 5.32. The van der Waals surface area contributed by atoms with Gasteiger partial charge in [0.1, 0.15) is 5.75 Å². The van der Waals surface area contributed by atoms with Gasteiger partial charge in [0.15, 0.2) is 0 Å². The Morgan fingerprint density at radius 3 is 2.63 bits per heavy atom. The highest BCUT2D eigenvalue weighted by Gasteiger charge is 2.14. The molecule has 3 heteroatoms. The maximum atomic E-state index is 10.3. The molecule has 0 saturated heterocycles. The summed E-state index contributed by atoms with van der Waals surface area (Å²) in [5.41, 5.74) is 9.38. The Labute approximate surface area is 113 Å². The number of benzene rings is 2. The van der Waals surface area contributed by atoms with Crippen molar-refractivity contribution in [2.45, 2.75) is 19.4 Å². The standard InChI is InChI=1S/C16H19NO2/c1-11-7-8-16(19-2)12(9-11)10-15(18)13-5-3-4-6-14(13)17/h3-9,15,18H,10,17H2,1-2H3. The Bertz CT molecular complexity index is 566. The molecule has 100 valence electrons. The molecule has 0 aliphatic carbocycles. The molecule has 1 atom stereocenters. The van der Waals surface area contributed by atoms with Crippen LogP contribution in [0.25, 0.3) is 0 Å². The number of hydrogen-bond acceptors (Lipinski definition) is 3. The minimum absolute atomic E-state index is 0.485. The summed E-state index contributed by atoms with van der Waals surface area (Å²) in [7, 11) is 1.64. The van der Waals surface area contributed by atoms with Crippen LogP contribution in [0.5, 0.6) is 5.75 Å². The summed E-state index contributed by atoms with van der Waals surface area (Å²) in [5.74, 6) is 0.791. The normalized spacial score (nSPS) is 12.2. The molecule has 0 radical (unpaired) electrons. The van der Waals surface area contributed by atoms with Crippen molar-refractivity contribution in [3.63, 3.8) is 0 Å². The molecule has 2 aromatic carbocycles. The van der Waals surface area contributed by atoms with Gasteiger partial charge in [0.05, 0.1) is 13.2 Å². The maximum Gasteiger partial charge on any atom is 0.122 e. The average Bonchev–Trinajstić information content (AvgIpc) is 2.39. The SMILES string of the molecule is COc1ccc(C)cc1CC(O)c1ccccc1N. The zero-order valence-corrected chi connectivity index (χ0v) is 11.3. The first-order valence-electron chi connectivity index (χ1n) is 6.28. The fourth-order valence-electron chi connectivity index (χ4n) is 2.20. The van der Waals surface area contributed by atoms with Crippen molar-refractivity contribution in [2.75, 3.05) is 12.8 Å². The number of nitrogen functional groups attached to an aromatic ring is 1. The molecule has 0 heterocycles. The van der Waals surface area contributed by atoms with Crippen LogP contribution in [0.2, 0.25) is 0 Å². The van der Waals surface area contributed by atoms with Gasteiger partial charge in [-0.3, -0.25) is 0 Å². The van der Waals surface area contributed by atoms with Crippen LogP contribution < -0.4 is 10.5 Å². The predicted molar refractivity (Wildman–Crippen MR) is 77.2 cm³/mol. The zero-order chi connectivity index (χ0) is 13.8. The molecule has 3 N–H and O–H groups in total. The second kappa shape index (κ2) is 5.76. The lowest BCUT2D eigenvalue weighted by Gasteiger charge is -2.16. The molecule has 3 nitrogen and oxygen atoms in total. The highest BCUT2D eigenvalue weighted by Crippen LogP contribution is 2.28. The van der Waals surface area contributed by atoms with Crippen molar-refractivity contribution in [1.82, 2.24) is 0 Å². The van der Waals surface area contributed by atoms with Crippen molar-refractivity contribution < 1.29 is 9.84 Å². The lowest BCUT2D eigenvalue weighted by atomic mass is 9.98. The summed E-state index contributed by atoms with van der Waals surface area (Å²) >= 11 is 0. The van der Waals surface area contributed by atoms with Crippen LogP contribution in [-0.4, -0.2) is 12.2 Å². The number of ether oxygens (including phenoxy) is 1. The summed E-state index contributed by atoms with van der Waals surface area (Å²) in [4.78, 5) is 0. The molecule has 0 bridgehead atoms. The number of aryl methyl sites for hydroxylation is 1. The smallest absolute Gasteiger partial charge is 0.122 e. The first kappa shape index (κ1) is 13.4. The van der Waals surface area contributed by atoms with Crippen LogP contribution in [0.3, 0.4) is 0 Å². The van der Waals surface area contributed by atoms with Gasteiger partial charge in [-0.1, -0.05) is 35.9 Å². The first-order chi connectivity index (χ1) is 9.11. The summed E-state index contributed by atoms with van der Waals surface area (Å²) in [6.07, 6.45) is -0.143. The van der Waals surface area contributed by atoms with Gasteiger partial charge < -0.3 is 15.6 Å². The Kier molecular flexibility index (Phi) is 4.07. The lowest BCUT2D eigenvalue weighted by Crippen LogP contribution is -2.06. The van der Waals surface area contributed by atoms with Gasteiger partial charge in [-0.05, 0) is 24.6 Å². The Balaban J connectivity index is 2.26. The zero-order valence-electron chi connectivity index (χ0n) is 11.3. The van der Waals surface area contributed by atoms with Gasteiger partial charge in [0.25, 0.3) is 0 Å². The minimum Gasteiger partial charge on any atom is -0.496 e. The predicted octanol–water partition coefficient (Wildman–Crippen LogP) is 2.86. The van der Waals surface area contributed by atoms with E-state index in [4.69, 9.17) is 10.5 Å². The van der Waals surface area contributed by atoms with Crippen molar-refractivity contribution in [3.8, 4) is 5.75 Å². The van der Waals surface area contributed by atoms with Crippen LogP contribution in [0.15, 0.2) is 42.5 Å². The molecule has 0 saturated carbocycles. The second-order valence-corrected chi connectivity index (χ2v) is 4.66. The number of methoxy groups -OCH3 is 1. The summed E-state index contributed by atoms with van der Waals surface area (Å²) in [6, 6.07) is 13.3. The van der Waals surface area contributed by atoms with Gasteiger partial charge >= 0.3 is 0 Å². The first-order valence-corrected chi connectivity index (χ1v) is 6.28. The van der Waals surface area contributed by atoms with E-state index in [9.17, 15) is 5.11 Å². The number of para-hydroxylation sites is 1. The Hall–Kier alpha value is -2.00.